The Morgan fingerprint density at radius 1 is 1.11 bits per heavy atom. The fraction of sp³-hybridized carbons (Fsp3) is 0.500. The minimum atomic E-state index is 0.106. The molecule has 0 bridgehead atoms. The van der Waals surface area contributed by atoms with Crippen molar-refractivity contribution in [1.82, 2.24) is 19.4 Å². The molecule has 142 valence electrons. The monoisotopic (exact) mass is 368 g/mol. The maximum Gasteiger partial charge on any atom is 0.231 e. The number of rotatable bonds is 3. The zero-order valence-electron chi connectivity index (χ0n) is 15.3. The van der Waals surface area contributed by atoms with E-state index in [1.807, 2.05) is 23.5 Å². The van der Waals surface area contributed by atoms with Crippen molar-refractivity contribution in [3.8, 4) is 11.5 Å². The van der Waals surface area contributed by atoms with Gasteiger partial charge in [-0.1, -0.05) is 6.07 Å². The molecule has 4 heterocycles. The molecule has 2 aromatic rings. The largest absolute Gasteiger partial charge is 0.454 e. The van der Waals surface area contributed by atoms with Gasteiger partial charge in [0.15, 0.2) is 11.5 Å². The molecule has 1 fully saturated rings. The number of fused-ring (bicyclic) bond motifs is 2. The first-order valence-corrected chi connectivity index (χ1v) is 9.65. The molecule has 1 atom stereocenters. The van der Waals surface area contributed by atoms with Crippen LogP contribution in [0.15, 0.2) is 30.7 Å². The SMILES string of the molecule is O=C(C1CCn2cncc2C1)N1CCN(Cc2ccc3c(c2)OCO3)CC1. The number of hydrogen-bond acceptors (Lipinski definition) is 5. The van der Waals surface area contributed by atoms with E-state index in [4.69, 9.17) is 9.47 Å². The molecule has 3 aliphatic rings. The van der Waals surface area contributed by atoms with E-state index >= 15 is 0 Å². The van der Waals surface area contributed by atoms with E-state index in [0.29, 0.717) is 12.7 Å². The van der Waals surface area contributed by atoms with Crippen LogP contribution in [0, 0.1) is 5.92 Å². The standard InChI is InChI=1S/C20H24N4O3/c25-20(16-3-4-24-13-21-11-17(24)10-16)23-7-5-22(6-8-23)12-15-1-2-18-19(9-15)27-14-26-18/h1-2,9,11,13,16H,3-8,10,12,14H2. The second-order valence-electron chi connectivity index (χ2n) is 7.56. The molecule has 3 aliphatic heterocycles. The van der Waals surface area contributed by atoms with Crippen LogP contribution >= 0.6 is 0 Å². The Labute approximate surface area is 158 Å². The number of aryl methyl sites for hydroxylation is 1. The number of hydrogen-bond donors (Lipinski definition) is 0. The lowest BCUT2D eigenvalue weighted by Crippen LogP contribution is -2.50. The molecule has 0 saturated carbocycles. The van der Waals surface area contributed by atoms with Crippen LogP contribution in [0.3, 0.4) is 0 Å². The number of benzene rings is 1. The number of amides is 1. The molecular weight excluding hydrogens is 344 g/mol. The van der Waals surface area contributed by atoms with Crippen LogP contribution in [-0.2, 0) is 24.3 Å². The molecular formula is C20H24N4O3. The van der Waals surface area contributed by atoms with Gasteiger partial charge in [0.25, 0.3) is 0 Å². The first-order chi connectivity index (χ1) is 13.3. The first kappa shape index (κ1) is 16.6. The Bertz CT molecular complexity index is 842. The van der Waals surface area contributed by atoms with E-state index in [2.05, 4.69) is 26.6 Å². The zero-order chi connectivity index (χ0) is 18.2. The smallest absolute Gasteiger partial charge is 0.231 e. The van der Waals surface area contributed by atoms with Crippen LogP contribution in [0.2, 0.25) is 0 Å². The summed E-state index contributed by atoms with van der Waals surface area (Å²) in [4.78, 5) is 21.6. The lowest BCUT2D eigenvalue weighted by atomic mass is 9.94. The highest BCUT2D eigenvalue weighted by Crippen LogP contribution is 2.33. The average molecular weight is 368 g/mol. The Kier molecular flexibility index (Phi) is 4.24. The fourth-order valence-electron chi connectivity index (χ4n) is 4.26. The minimum absolute atomic E-state index is 0.106. The van der Waals surface area contributed by atoms with Crippen molar-refractivity contribution >= 4 is 5.91 Å². The molecule has 1 aromatic heterocycles. The van der Waals surface area contributed by atoms with Gasteiger partial charge in [0.05, 0.1) is 6.33 Å². The molecule has 1 amide bonds. The second-order valence-corrected chi connectivity index (χ2v) is 7.56. The molecule has 5 rings (SSSR count). The third kappa shape index (κ3) is 3.27. The van der Waals surface area contributed by atoms with Gasteiger partial charge in [-0.3, -0.25) is 9.69 Å². The molecule has 0 spiro atoms. The van der Waals surface area contributed by atoms with E-state index in [1.165, 1.54) is 11.3 Å². The van der Waals surface area contributed by atoms with E-state index < -0.39 is 0 Å². The molecule has 7 nitrogen and oxygen atoms in total. The van der Waals surface area contributed by atoms with Gasteiger partial charge >= 0.3 is 0 Å². The van der Waals surface area contributed by atoms with Crippen molar-refractivity contribution in [3.05, 3.63) is 42.0 Å². The van der Waals surface area contributed by atoms with Crippen LogP contribution in [0.4, 0.5) is 0 Å². The van der Waals surface area contributed by atoms with E-state index in [-0.39, 0.29) is 5.92 Å². The summed E-state index contributed by atoms with van der Waals surface area (Å²) in [5, 5.41) is 0. The quantitative estimate of drug-likeness (QED) is 0.822. The van der Waals surface area contributed by atoms with E-state index in [0.717, 1.165) is 63.6 Å². The third-order valence-electron chi connectivity index (χ3n) is 5.85. The second kappa shape index (κ2) is 6.88. The summed E-state index contributed by atoms with van der Waals surface area (Å²) in [6.45, 7) is 5.51. The van der Waals surface area contributed by atoms with E-state index in [1.54, 1.807) is 0 Å². The fourth-order valence-corrected chi connectivity index (χ4v) is 4.26. The van der Waals surface area contributed by atoms with Crippen molar-refractivity contribution in [2.75, 3.05) is 33.0 Å². The molecule has 1 aromatic carbocycles. The molecule has 0 aliphatic carbocycles. The predicted molar refractivity (Wildman–Crippen MR) is 98.5 cm³/mol. The first-order valence-electron chi connectivity index (χ1n) is 9.65. The van der Waals surface area contributed by atoms with Crippen LogP contribution in [0.1, 0.15) is 17.7 Å². The summed E-state index contributed by atoms with van der Waals surface area (Å²) < 4.78 is 13.0. The van der Waals surface area contributed by atoms with Crippen molar-refractivity contribution < 1.29 is 14.3 Å². The molecule has 0 radical (unpaired) electrons. The van der Waals surface area contributed by atoms with Gasteiger partial charge in [-0.15, -0.1) is 0 Å². The van der Waals surface area contributed by atoms with Crippen molar-refractivity contribution in [3.63, 3.8) is 0 Å². The highest BCUT2D eigenvalue weighted by atomic mass is 16.7. The Morgan fingerprint density at radius 2 is 1.96 bits per heavy atom. The average Bonchev–Trinajstić information content (AvgIpc) is 3.36. The molecule has 7 heteroatoms. The minimum Gasteiger partial charge on any atom is -0.454 e. The third-order valence-corrected chi connectivity index (χ3v) is 5.85. The Balaban J connectivity index is 1.15. The van der Waals surface area contributed by atoms with Gasteiger partial charge in [0.2, 0.25) is 12.7 Å². The van der Waals surface area contributed by atoms with Crippen LogP contribution in [0.25, 0.3) is 0 Å². The van der Waals surface area contributed by atoms with Crippen molar-refractivity contribution in [1.29, 1.82) is 0 Å². The number of carbonyl (C=O) groups excluding carboxylic acids is 1. The summed E-state index contributed by atoms with van der Waals surface area (Å²) in [5.74, 6) is 2.07. The topological polar surface area (TPSA) is 59.8 Å². The number of ether oxygens (including phenoxy) is 2. The van der Waals surface area contributed by atoms with Crippen LogP contribution in [0.5, 0.6) is 11.5 Å². The Morgan fingerprint density at radius 3 is 2.85 bits per heavy atom. The zero-order valence-corrected chi connectivity index (χ0v) is 15.3. The maximum atomic E-state index is 12.9. The molecule has 27 heavy (non-hydrogen) atoms. The van der Waals surface area contributed by atoms with Crippen LogP contribution in [-0.4, -0.2) is 58.2 Å². The van der Waals surface area contributed by atoms with Gasteiger partial charge in [-0.05, 0) is 24.1 Å². The lowest BCUT2D eigenvalue weighted by molar-refractivity contribution is -0.138. The molecule has 1 unspecified atom stereocenters. The molecule has 1 saturated heterocycles. The Hall–Kier alpha value is -2.54. The predicted octanol–water partition coefficient (Wildman–Crippen LogP) is 1.52. The van der Waals surface area contributed by atoms with Gasteiger partial charge in [0.1, 0.15) is 0 Å². The number of imidazole rings is 1. The normalized spacial score (nSPS) is 21.9. The van der Waals surface area contributed by atoms with Gasteiger partial charge < -0.3 is 18.9 Å². The van der Waals surface area contributed by atoms with E-state index in [9.17, 15) is 4.79 Å². The van der Waals surface area contributed by atoms with Gasteiger partial charge in [-0.2, -0.15) is 0 Å². The summed E-state index contributed by atoms with van der Waals surface area (Å²) in [6, 6.07) is 6.13. The number of aromatic nitrogens is 2. The number of carbonyl (C=O) groups is 1. The lowest BCUT2D eigenvalue weighted by Gasteiger charge is -2.37. The van der Waals surface area contributed by atoms with Gasteiger partial charge in [0, 0.05) is 63.5 Å². The summed E-state index contributed by atoms with van der Waals surface area (Å²) in [6.07, 6.45) is 5.49. The number of piperazine rings is 1. The van der Waals surface area contributed by atoms with Crippen molar-refractivity contribution in [2.45, 2.75) is 25.9 Å². The van der Waals surface area contributed by atoms with Crippen LogP contribution < -0.4 is 9.47 Å². The van der Waals surface area contributed by atoms with Gasteiger partial charge in [-0.25, -0.2) is 4.98 Å². The summed E-state index contributed by atoms with van der Waals surface area (Å²) in [7, 11) is 0. The number of nitrogens with zero attached hydrogens (tertiary/aromatic N) is 4. The maximum absolute atomic E-state index is 12.9. The highest BCUT2D eigenvalue weighted by molar-refractivity contribution is 5.79. The van der Waals surface area contributed by atoms with Crippen molar-refractivity contribution in [2.24, 2.45) is 5.92 Å². The highest BCUT2D eigenvalue weighted by Gasteiger charge is 2.30. The summed E-state index contributed by atoms with van der Waals surface area (Å²) >= 11 is 0. The summed E-state index contributed by atoms with van der Waals surface area (Å²) in [5.41, 5.74) is 2.40. The molecule has 0 N–H and O–H groups in total.